The van der Waals surface area contributed by atoms with E-state index in [1.54, 1.807) is 0 Å². The van der Waals surface area contributed by atoms with E-state index in [-0.39, 0.29) is 6.61 Å². The van der Waals surface area contributed by atoms with Gasteiger partial charge in [0.15, 0.2) is 0 Å². The fourth-order valence-electron chi connectivity index (χ4n) is 0.984. The number of aliphatic hydroxyl groups excluding tert-OH is 1. The van der Waals surface area contributed by atoms with Crippen molar-refractivity contribution in [2.75, 3.05) is 11.9 Å². The largest absolute Gasteiger partial charge is 0.392 e. The molecule has 0 unspecified atom stereocenters. The second-order valence-corrected chi connectivity index (χ2v) is 3.10. The van der Waals surface area contributed by atoms with Crippen molar-refractivity contribution in [2.24, 2.45) is 0 Å². The van der Waals surface area contributed by atoms with Gasteiger partial charge in [-0.25, -0.2) is 0 Å². The van der Waals surface area contributed by atoms with Crippen LogP contribution in [0.25, 0.3) is 0 Å². The van der Waals surface area contributed by atoms with Gasteiger partial charge in [-0.2, -0.15) is 0 Å². The van der Waals surface area contributed by atoms with Crippen molar-refractivity contribution >= 4 is 5.69 Å². The molecule has 0 fully saturated rings. The molecule has 1 aromatic rings. The number of aliphatic hydroxyl groups is 1. The van der Waals surface area contributed by atoms with Crippen LogP contribution in [0.2, 0.25) is 0 Å². The fourth-order valence-corrected chi connectivity index (χ4v) is 0.984. The van der Waals surface area contributed by atoms with E-state index >= 15 is 0 Å². The van der Waals surface area contributed by atoms with Gasteiger partial charge < -0.3 is 10.4 Å². The van der Waals surface area contributed by atoms with Gasteiger partial charge in [0.2, 0.25) is 0 Å². The number of anilines is 1. The molecular weight excluding hydrogens is 198 g/mol. The fraction of sp³-hybridized carbons (Fsp3) is 0.571. The predicted octanol–water partition coefficient (Wildman–Crippen LogP) is 4.05. The highest BCUT2D eigenvalue weighted by Gasteiger charge is 1.91. The molecule has 1 rings (SSSR count). The van der Waals surface area contributed by atoms with Crippen molar-refractivity contribution in [3.05, 3.63) is 29.8 Å². The summed E-state index contributed by atoms with van der Waals surface area (Å²) in [6.45, 7) is 11.3. The summed E-state index contributed by atoms with van der Waals surface area (Å²) in [4.78, 5) is 0. The lowest BCUT2D eigenvalue weighted by Gasteiger charge is -2.03. The molecule has 94 valence electrons. The lowest BCUT2D eigenvalue weighted by molar-refractivity contribution is 0.282. The van der Waals surface area contributed by atoms with Crippen molar-refractivity contribution in [1.82, 2.24) is 0 Å². The lowest BCUT2D eigenvalue weighted by Crippen LogP contribution is -1.96. The topological polar surface area (TPSA) is 32.3 Å². The number of hydrogen-bond donors (Lipinski definition) is 2. The van der Waals surface area contributed by atoms with E-state index in [1.165, 1.54) is 6.42 Å². The molecule has 0 spiro atoms. The van der Waals surface area contributed by atoms with E-state index in [0.717, 1.165) is 17.8 Å². The lowest BCUT2D eigenvalue weighted by atomic mass is 10.2. The minimum atomic E-state index is 0.110. The van der Waals surface area contributed by atoms with Crippen molar-refractivity contribution in [3.63, 3.8) is 0 Å². The second kappa shape index (κ2) is 14.0. The third-order valence-electron chi connectivity index (χ3n) is 1.49. The Morgan fingerprint density at radius 3 is 2.12 bits per heavy atom. The Morgan fingerprint density at radius 2 is 1.69 bits per heavy atom. The van der Waals surface area contributed by atoms with Gasteiger partial charge in [0.1, 0.15) is 0 Å². The molecule has 0 aliphatic rings. The van der Waals surface area contributed by atoms with E-state index in [0.29, 0.717) is 0 Å². The van der Waals surface area contributed by atoms with Crippen molar-refractivity contribution < 1.29 is 5.11 Å². The maximum absolute atomic E-state index is 8.80. The standard InChI is InChI=1S/C9H13NO.C3H8.C2H6/c1-2-10-9-5-3-4-8(6-9)7-11;1-3-2;1-2/h3-6,10-11H,2,7H2,1H3;3H2,1-2H3;1-2H3. The van der Waals surface area contributed by atoms with Gasteiger partial charge in [0.05, 0.1) is 6.61 Å². The quantitative estimate of drug-likeness (QED) is 0.813. The van der Waals surface area contributed by atoms with Crippen LogP contribution in [0.1, 0.15) is 46.6 Å². The highest BCUT2D eigenvalue weighted by atomic mass is 16.3. The molecule has 0 saturated heterocycles. The molecule has 2 heteroatoms. The Bertz CT molecular complexity index is 236. The molecule has 0 atom stereocenters. The first kappa shape index (κ1) is 17.4. The SMILES string of the molecule is CC.CCC.CCNc1cccc(CO)c1. The first-order valence-corrected chi connectivity index (χ1v) is 6.22. The van der Waals surface area contributed by atoms with Gasteiger partial charge in [0.25, 0.3) is 0 Å². The zero-order valence-electron chi connectivity index (χ0n) is 11.4. The Morgan fingerprint density at radius 1 is 1.12 bits per heavy atom. The number of benzene rings is 1. The Hall–Kier alpha value is -1.02. The van der Waals surface area contributed by atoms with Crippen molar-refractivity contribution in [2.45, 2.75) is 47.6 Å². The predicted molar refractivity (Wildman–Crippen MR) is 73.8 cm³/mol. The van der Waals surface area contributed by atoms with Crippen LogP contribution >= 0.6 is 0 Å². The van der Waals surface area contributed by atoms with Crippen LogP contribution in [-0.4, -0.2) is 11.7 Å². The summed E-state index contributed by atoms with van der Waals surface area (Å²) in [5.74, 6) is 0. The van der Waals surface area contributed by atoms with Gasteiger partial charge in [0, 0.05) is 12.2 Å². The van der Waals surface area contributed by atoms with E-state index in [4.69, 9.17) is 5.11 Å². The Balaban J connectivity index is 0. The molecule has 0 bridgehead atoms. The van der Waals surface area contributed by atoms with Crippen LogP contribution in [0.15, 0.2) is 24.3 Å². The summed E-state index contributed by atoms with van der Waals surface area (Å²) in [6, 6.07) is 7.77. The van der Waals surface area contributed by atoms with Crippen LogP contribution in [0.5, 0.6) is 0 Å². The Kier molecular flexibility index (Phi) is 15.2. The van der Waals surface area contributed by atoms with Crippen LogP contribution in [0, 0.1) is 0 Å². The summed E-state index contributed by atoms with van der Waals surface area (Å²) in [7, 11) is 0. The molecule has 0 heterocycles. The summed E-state index contributed by atoms with van der Waals surface area (Å²) in [6.07, 6.45) is 1.25. The number of rotatable bonds is 3. The second-order valence-electron chi connectivity index (χ2n) is 3.10. The van der Waals surface area contributed by atoms with Crippen LogP contribution in [0.3, 0.4) is 0 Å². The highest BCUT2D eigenvalue weighted by Crippen LogP contribution is 2.09. The number of hydrogen-bond acceptors (Lipinski definition) is 2. The minimum absolute atomic E-state index is 0.110. The molecule has 0 aliphatic carbocycles. The van der Waals surface area contributed by atoms with Crippen LogP contribution in [0.4, 0.5) is 5.69 Å². The number of nitrogens with one attached hydrogen (secondary N) is 1. The molecule has 2 N–H and O–H groups in total. The monoisotopic (exact) mass is 225 g/mol. The zero-order chi connectivity index (χ0) is 12.8. The minimum Gasteiger partial charge on any atom is -0.392 e. The summed E-state index contributed by atoms with van der Waals surface area (Å²) in [5.41, 5.74) is 2.02. The zero-order valence-corrected chi connectivity index (χ0v) is 11.4. The molecule has 0 aromatic heterocycles. The summed E-state index contributed by atoms with van der Waals surface area (Å²) in [5, 5.41) is 12.0. The Labute approximate surface area is 101 Å². The van der Waals surface area contributed by atoms with Gasteiger partial charge in [-0.3, -0.25) is 0 Å². The molecule has 0 amide bonds. The third-order valence-corrected chi connectivity index (χ3v) is 1.49. The molecule has 2 nitrogen and oxygen atoms in total. The van der Waals surface area contributed by atoms with Gasteiger partial charge >= 0.3 is 0 Å². The molecule has 0 aliphatic heterocycles. The van der Waals surface area contributed by atoms with Crippen LogP contribution < -0.4 is 5.32 Å². The molecule has 0 radical (unpaired) electrons. The van der Waals surface area contributed by atoms with Gasteiger partial charge in [-0.1, -0.05) is 46.2 Å². The van der Waals surface area contributed by atoms with Gasteiger partial charge in [-0.15, -0.1) is 0 Å². The highest BCUT2D eigenvalue weighted by molar-refractivity contribution is 5.45. The average molecular weight is 225 g/mol. The molecule has 16 heavy (non-hydrogen) atoms. The normalized spacial score (nSPS) is 8.12. The molecule has 0 saturated carbocycles. The summed E-state index contributed by atoms with van der Waals surface area (Å²) >= 11 is 0. The van der Waals surface area contributed by atoms with E-state index in [2.05, 4.69) is 19.2 Å². The van der Waals surface area contributed by atoms with Crippen molar-refractivity contribution in [3.8, 4) is 0 Å². The maximum Gasteiger partial charge on any atom is 0.0682 e. The van der Waals surface area contributed by atoms with E-state index in [9.17, 15) is 0 Å². The van der Waals surface area contributed by atoms with E-state index < -0.39 is 0 Å². The third kappa shape index (κ3) is 9.53. The molecular formula is C14H27NO. The van der Waals surface area contributed by atoms with Crippen molar-refractivity contribution in [1.29, 1.82) is 0 Å². The first-order chi connectivity index (χ1) is 7.78. The molecule has 1 aromatic carbocycles. The smallest absolute Gasteiger partial charge is 0.0682 e. The van der Waals surface area contributed by atoms with E-state index in [1.807, 2.05) is 45.0 Å². The van der Waals surface area contributed by atoms with Gasteiger partial charge in [-0.05, 0) is 24.6 Å². The maximum atomic E-state index is 8.80. The first-order valence-electron chi connectivity index (χ1n) is 6.22. The van der Waals surface area contributed by atoms with Crippen LogP contribution in [-0.2, 0) is 6.61 Å². The average Bonchev–Trinajstić information content (AvgIpc) is 2.33. The summed E-state index contributed by atoms with van der Waals surface area (Å²) < 4.78 is 0.